The molecule has 0 aliphatic carbocycles. The number of carbonyl (C=O) groups excluding carboxylic acids is 2. The summed E-state index contributed by atoms with van der Waals surface area (Å²) in [5.74, 6) is 0.611. The number of benzene rings is 2. The number of aromatic nitrogens is 1. The second kappa shape index (κ2) is 9.54. The second-order valence-electron chi connectivity index (χ2n) is 6.57. The highest BCUT2D eigenvalue weighted by molar-refractivity contribution is 6.04. The van der Waals surface area contributed by atoms with E-state index >= 15 is 0 Å². The molecule has 2 N–H and O–H groups in total. The van der Waals surface area contributed by atoms with Gasteiger partial charge in [-0.3, -0.25) is 9.59 Å². The molecule has 0 aliphatic heterocycles. The summed E-state index contributed by atoms with van der Waals surface area (Å²) in [4.78, 5) is 24.1. The fourth-order valence-electron chi connectivity index (χ4n) is 2.51. The third kappa shape index (κ3) is 5.68. The predicted molar refractivity (Wildman–Crippen MR) is 109 cm³/mol. The van der Waals surface area contributed by atoms with Crippen molar-refractivity contribution < 1.29 is 18.8 Å². The van der Waals surface area contributed by atoms with Crippen molar-refractivity contribution in [1.29, 1.82) is 0 Å². The highest BCUT2D eigenvalue weighted by Gasteiger charge is 2.12. The van der Waals surface area contributed by atoms with E-state index in [0.29, 0.717) is 29.3 Å². The lowest BCUT2D eigenvalue weighted by molar-refractivity contribution is 0.0943. The van der Waals surface area contributed by atoms with Gasteiger partial charge in [-0.1, -0.05) is 29.8 Å². The Morgan fingerprint density at radius 3 is 2.45 bits per heavy atom. The largest absolute Gasteiger partial charge is 0.486 e. The molecule has 0 saturated carbocycles. The van der Waals surface area contributed by atoms with Gasteiger partial charge in [-0.15, -0.1) is 0 Å². The smallest absolute Gasteiger partial charge is 0.273 e. The van der Waals surface area contributed by atoms with E-state index in [2.05, 4.69) is 15.8 Å². The van der Waals surface area contributed by atoms with Crippen LogP contribution in [-0.2, 0) is 6.61 Å². The van der Waals surface area contributed by atoms with Crippen LogP contribution in [0.15, 0.2) is 59.1 Å². The minimum atomic E-state index is -0.268. The molecule has 0 radical (unpaired) electrons. The Morgan fingerprint density at radius 1 is 1.03 bits per heavy atom. The van der Waals surface area contributed by atoms with Gasteiger partial charge in [0.05, 0.1) is 0 Å². The summed E-state index contributed by atoms with van der Waals surface area (Å²) in [7, 11) is 0. The van der Waals surface area contributed by atoms with Crippen LogP contribution < -0.4 is 15.4 Å². The SMILES string of the molecule is CCCNC(=O)c1cc(COc2ccc(NC(=O)c3ccc(C)cc3)cc2)on1. The topological polar surface area (TPSA) is 93.5 Å². The maximum absolute atomic E-state index is 12.2. The summed E-state index contributed by atoms with van der Waals surface area (Å²) >= 11 is 0. The standard InChI is InChI=1S/C22H23N3O4/c1-3-12-23-22(27)20-13-19(29-25-20)14-28-18-10-8-17(9-11-18)24-21(26)16-6-4-15(2)5-7-16/h4-11,13H,3,12,14H2,1-2H3,(H,23,27)(H,24,26). The molecular weight excluding hydrogens is 370 g/mol. The van der Waals surface area contributed by atoms with Crippen molar-refractivity contribution in [2.75, 3.05) is 11.9 Å². The van der Waals surface area contributed by atoms with Crippen LogP contribution in [0.5, 0.6) is 5.75 Å². The maximum atomic E-state index is 12.2. The van der Waals surface area contributed by atoms with Crippen molar-refractivity contribution in [3.05, 3.63) is 77.2 Å². The van der Waals surface area contributed by atoms with Crippen molar-refractivity contribution >= 4 is 17.5 Å². The minimum Gasteiger partial charge on any atom is -0.486 e. The fraction of sp³-hybridized carbons (Fsp3) is 0.227. The lowest BCUT2D eigenvalue weighted by atomic mass is 10.1. The molecule has 7 nitrogen and oxygen atoms in total. The van der Waals surface area contributed by atoms with E-state index in [1.807, 2.05) is 26.0 Å². The predicted octanol–water partition coefficient (Wildman–Crippen LogP) is 3.95. The van der Waals surface area contributed by atoms with Gasteiger partial charge in [0.2, 0.25) is 0 Å². The average Bonchev–Trinajstić information content (AvgIpc) is 3.21. The monoisotopic (exact) mass is 393 g/mol. The molecule has 7 heteroatoms. The molecule has 0 spiro atoms. The Labute approximate surface area is 169 Å². The van der Waals surface area contributed by atoms with E-state index in [9.17, 15) is 9.59 Å². The third-order valence-corrected chi connectivity index (χ3v) is 4.13. The van der Waals surface area contributed by atoms with Crippen molar-refractivity contribution in [2.24, 2.45) is 0 Å². The van der Waals surface area contributed by atoms with E-state index in [0.717, 1.165) is 12.0 Å². The van der Waals surface area contributed by atoms with Gasteiger partial charge >= 0.3 is 0 Å². The van der Waals surface area contributed by atoms with E-state index < -0.39 is 0 Å². The summed E-state index contributed by atoms with van der Waals surface area (Å²) in [5, 5.41) is 9.33. The van der Waals surface area contributed by atoms with Gasteiger partial charge in [-0.05, 0) is 49.7 Å². The van der Waals surface area contributed by atoms with Gasteiger partial charge < -0.3 is 19.9 Å². The Kier molecular flexibility index (Phi) is 6.63. The van der Waals surface area contributed by atoms with Crippen molar-refractivity contribution in [3.8, 4) is 5.75 Å². The number of nitrogens with one attached hydrogen (secondary N) is 2. The normalized spacial score (nSPS) is 10.4. The van der Waals surface area contributed by atoms with Gasteiger partial charge in [-0.25, -0.2) is 0 Å². The number of carbonyl (C=O) groups is 2. The van der Waals surface area contributed by atoms with Crippen LogP contribution in [0.2, 0.25) is 0 Å². The molecule has 2 amide bonds. The molecule has 1 aromatic heterocycles. The first-order chi connectivity index (χ1) is 14.0. The number of hydrogen-bond acceptors (Lipinski definition) is 5. The summed E-state index contributed by atoms with van der Waals surface area (Å²) in [6, 6.07) is 15.9. The number of anilines is 1. The van der Waals surface area contributed by atoms with E-state index in [4.69, 9.17) is 9.26 Å². The van der Waals surface area contributed by atoms with Crippen LogP contribution >= 0.6 is 0 Å². The Bertz CT molecular complexity index is 962. The number of hydrogen-bond donors (Lipinski definition) is 2. The first-order valence-electron chi connectivity index (χ1n) is 9.40. The van der Waals surface area contributed by atoms with E-state index in [1.165, 1.54) is 0 Å². The summed E-state index contributed by atoms with van der Waals surface area (Å²) < 4.78 is 10.8. The van der Waals surface area contributed by atoms with Crippen LogP contribution in [0.4, 0.5) is 5.69 Å². The highest BCUT2D eigenvalue weighted by Crippen LogP contribution is 2.18. The Morgan fingerprint density at radius 2 is 1.76 bits per heavy atom. The van der Waals surface area contributed by atoms with Gasteiger partial charge in [0.1, 0.15) is 12.4 Å². The summed E-state index contributed by atoms with van der Waals surface area (Å²) in [6.07, 6.45) is 0.848. The number of aryl methyl sites for hydroxylation is 1. The molecule has 0 bridgehead atoms. The molecule has 0 fully saturated rings. The maximum Gasteiger partial charge on any atom is 0.273 e. The molecule has 1 heterocycles. The number of nitrogens with zero attached hydrogens (tertiary/aromatic N) is 1. The van der Waals surface area contributed by atoms with Crippen LogP contribution in [-0.4, -0.2) is 23.5 Å². The van der Waals surface area contributed by atoms with Gasteiger partial charge in [0.15, 0.2) is 11.5 Å². The lowest BCUT2D eigenvalue weighted by Crippen LogP contribution is -2.24. The summed E-state index contributed by atoms with van der Waals surface area (Å²) in [6.45, 7) is 4.68. The molecule has 0 atom stereocenters. The fourth-order valence-corrected chi connectivity index (χ4v) is 2.51. The Balaban J connectivity index is 1.52. The molecule has 29 heavy (non-hydrogen) atoms. The third-order valence-electron chi connectivity index (χ3n) is 4.13. The van der Waals surface area contributed by atoms with Crippen LogP contribution in [0.25, 0.3) is 0 Å². The van der Waals surface area contributed by atoms with Crippen molar-refractivity contribution in [2.45, 2.75) is 26.9 Å². The minimum absolute atomic E-state index is 0.142. The molecule has 3 aromatic rings. The molecule has 0 unspecified atom stereocenters. The highest BCUT2D eigenvalue weighted by atomic mass is 16.5. The zero-order chi connectivity index (χ0) is 20.6. The van der Waals surface area contributed by atoms with Crippen LogP contribution in [0, 0.1) is 6.92 Å². The second-order valence-corrected chi connectivity index (χ2v) is 6.57. The molecule has 0 saturated heterocycles. The van der Waals surface area contributed by atoms with Crippen LogP contribution in [0.3, 0.4) is 0 Å². The number of amides is 2. The van der Waals surface area contributed by atoms with E-state index in [-0.39, 0.29) is 24.1 Å². The first-order valence-corrected chi connectivity index (χ1v) is 9.40. The molecule has 0 aliphatic rings. The zero-order valence-electron chi connectivity index (χ0n) is 16.4. The van der Waals surface area contributed by atoms with Gasteiger partial charge in [-0.2, -0.15) is 0 Å². The molecule has 150 valence electrons. The van der Waals surface area contributed by atoms with E-state index in [1.54, 1.807) is 42.5 Å². The molecular formula is C22H23N3O4. The van der Waals surface area contributed by atoms with Gasteiger partial charge in [0.25, 0.3) is 11.8 Å². The van der Waals surface area contributed by atoms with Crippen molar-refractivity contribution in [3.63, 3.8) is 0 Å². The molecule has 2 aromatic carbocycles. The number of ether oxygens (including phenoxy) is 1. The zero-order valence-corrected chi connectivity index (χ0v) is 16.4. The Hall–Kier alpha value is -3.61. The average molecular weight is 393 g/mol. The van der Waals surface area contributed by atoms with Crippen molar-refractivity contribution in [1.82, 2.24) is 10.5 Å². The number of rotatable bonds is 8. The molecule has 3 rings (SSSR count). The van der Waals surface area contributed by atoms with Crippen LogP contribution in [0.1, 0.15) is 45.5 Å². The quantitative estimate of drug-likeness (QED) is 0.604. The lowest BCUT2D eigenvalue weighted by Gasteiger charge is -2.07. The van der Waals surface area contributed by atoms with Gasteiger partial charge in [0, 0.05) is 23.9 Å². The summed E-state index contributed by atoms with van der Waals surface area (Å²) in [5.41, 5.74) is 2.59. The first kappa shape index (κ1) is 20.1.